The number of hydrogen-bond acceptors (Lipinski definition) is 3. The smallest absolute Gasteiger partial charge is 0.417 e. The third-order valence-corrected chi connectivity index (χ3v) is 2.69. The summed E-state index contributed by atoms with van der Waals surface area (Å²) in [4.78, 5) is 11.1. The van der Waals surface area contributed by atoms with Crippen LogP contribution >= 0.6 is 12.0 Å². The normalized spacial score (nSPS) is 15.1. The lowest BCUT2D eigenvalue weighted by Crippen LogP contribution is -2.19. The number of rotatable bonds is 2. The number of halogens is 3. The first-order valence-electron chi connectivity index (χ1n) is 4.80. The summed E-state index contributed by atoms with van der Waals surface area (Å²) in [5, 5.41) is 2.59. The Balaban J connectivity index is 2.18. The van der Waals surface area contributed by atoms with Gasteiger partial charge in [0, 0.05) is 17.7 Å². The van der Waals surface area contributed by atoms with Crippen molar-refractivity contribution in [2.75, 3.05) is 5.32 Å². The molecule has 1 amide bonds. The molecule has 0 saturated heterocycles. The average molecular weight is 263 g/mol. The zero-order valence-electron chi connectivity index (χ0n) is 8.50. The van der Waals surface area contributed by atoms with Gasteiger partial charge in [0.25, 0.3) is 0 Å². The molecule has 0 spiro atoms. The number of carbonyl (C=O) groups excluding carboxylic acids is 1. The van der Waals surface area contributed by atoms with Gasteiger partial charge in [-0.2, -0.15) is 13.2 Å². The molecule has 1 aromatic carbocycles. The maximum atomic E-state index is 12.0. The highest BCUT2D eigenvalue weighted by Gasteiger charge is 2.32. The molecule has 0 radical (unpaired) electrons. The van der Waals surface area contributed by atoms with Crippen LogP contribution in [0.2, 0.25) is 0 Å². The quantitative estimate of drug-likeness (QED) is 0.833. The van der Waals surface area contributed by atoms with Crippen LogP contribution < -0.4 is 9.50 Å². The number of carbonyl (C=O) groups is 1. The molecule has 1 aliphatic heterocycles. The molecule has 92 valence electrons. The highest BCUT2D eigenvalue weighted by atomic mass is 32.2. The van der Waals surface area contributed by atoms with E-state index in [1.807, 2.05) is 0 Å². The summed E-state index contributed by atoms with van der Waals surface area (Å²) in [7, 11) is 0. The first-order valence-corrected chi connectivity index (χ1v) is 5.54. The Hall–Kier alpha value is -1.37. The molecule has 0 unspecified atom stereocenters. The van der Waals surface area contributed by atoms with Gasteiger partial charge in [-0.1, -0.05) is 6.07 Å². The fourth-order valence-electron chi connectivity index (χ4n) is 1.56. The SMILES string of the molecule is O=C1CCc2c(cccc2OSC(F)(F)F)N1. The minimum atomic E-state index is -4.44. The largest absolute Gasteiger partial charge is 0.479 e. The van der Waals surface area contributed by atoms with Gasteiger partial charge in [0.15, 0.2) is 12.0 Å². The Morgan fingerprint density at radius 2 is 2.06 bits per heavy atom. The van der Waals surface area contributed by atoms with Crippen LogP contribution in [0.3, 0.4) is 0 Å². The van der Waals surface area contributed by atoms with E-state index in [4.69, 9.17) is 0 Å². The number of anilines is 1. The van der Waals surface area contributed by atoms with Gasteiger partial charge in [-0.25, -0.2) is 0 Å². The van der Waals surface area contributed by atoms with E-state index in [1.165, 1.54) is 12.1 Å². The van der Waals surface area contributed by atoms with Crippen LogP contribution in [-0.2, 0) is 11.2 Å². The number of amides is 1. The molecule has 0 atom stereocenters. The van der Waals surface area contributed by atoms with Gasteiger partial charge < -0.3 is 9.50 Å². The second-order valence-electron chi connectivity index (χ2n) is 3.44. The molecule has 1 heterocycles. The second kappa shape index (κ2) is 4.48. The predicted molar refractivity (Wildman–Crippen MR) is 57.7 cm³/mol. The Bertz CT molecular complexity index is 448. The van der Waals surface area contributed by atoms with Crippen molar-refractivity contribution in [2.45, 2.75) is 18.3 Å². The van der Waals surface area contributed by atoms with Crippen LogP contribution in [0.4, 0.5) is 18.9 Å². The molecule has 0 saturated carbocycles. The number of hydrogen-bond donors (Lipinski definition) is 1. The topological polar surface area (TPSA) is 38.3 Å². The average Bonchev–Trinajstić information content (AvgIpc) is 2.24. The van der Waals surface area contributed by atoms with E-state index in [0.29, 0.717) is 17.7 Å². The van der Waals surface area contributed by atoms with E-state index < -0.39 is 17.6 Å². The summed E-state index contributed by atoms with van der Waals surface area (Å²) < 4.78 is 40.7. The van der Waals surface area contributed by atoms with Gasteiger partial charge in [-0.05, 0) is 18.6 Å². The van der Waals surface area contributed by atoms with Crippen molar-refractivity contribution in [1.29, 1.82) is 0 Å². The molecule has 1 N–H and O–H groups in total. The van der Waals surface area contributed by atoms with Gasteiger partial charge in [0.1, 0.15) is 5.75 Å². The van der Waals surface area contributed by atoms with E-state index in [0.717, 1.165) is 0 Å². The lowest BCUT2D eigenvalue weighted by molar-refractivity contribution is -0.116. The number of nitrogens with one attached hydrogen (secondary N) is 1. The minimum absolute atomic E-state index is 0.141. The molecular formula is C10H8F3NO2S. The Labute approximate surface area is 99.5 Å². The van der Waals surface area contributed by atoms with Gasteiger partial charge in [-0.15, -0.1) is 0 Å². The summed E-state index contributed by atoms with van der Waals surface area (Å²) in [6.07, 6.45) is 0.639. The van der Waals surface area contributed by atoms with Crippen molar-refractivity contribution in [3.8, 4) is 5.75 Å². The standard InChI is InChI=1S/C10H8F3NO2S/c11-10(12,13)17-16-8-3-1-2-7-6(8)4-5-9(15)14-7/h1-3H,4-5H2,(H,14,15). The van der Waals surface area contributed by atoms with Gasteiger partial charge in [0.2, 0.25) is 5.91 Å². The first kappa shape index (κ1) is 12.1. The van der Waals surface area contributed by atoms with Crippen molar-refractivity contribution in [3.05, 3.63) is 23.8 Å². The lowest BCUT2D eigenvalue weighted by atomic mass is 10.0. The van der Waals surface area contributed by atoms with E-state index in [2.05, 4.69) is 9.50 Å². The molecular weight excluding hydrogens is 255 g/mol. The number of alkyl halides is 3. The van der Waals surface area contributed by atoms with Crippen molar-refractivity contribution in [1.82, 2.24) is 0 Å². The number of benzene rings is 1. The number of fused-ring (bicyclic) bond motifs is 1. The molecule has 1 aromatic rings. The van der Waals surface area contributed by atoms with Gasteiger partial charge >= 0.3 is 5.51 Å². The second-order valence-corrected chi connectivity index (χ2v) is 4.24. The molecule has 7 heteroatoms. The van der Waals surface area contributed by atoms with Crippen LogP contribution in [-0.4, -0.2) is 11.4 Å². The van der Waals surface area contributed by atoms with Crippen LogP contribution in [0.1, 0.15) is 12.0 Å². The van der Waals surface area contributed by atoms with Gasteiger partial charge in [0.05, 0.1) is 0 Å². The van der Waals surface area contributed by atoms with Crippen molar-refractivity contribution in [3.63, 3.8) is 0 Å². The van der Waals surface area contributed by atoms with Crippen molar-refractivity contribution >= 4 is 23.6 Å². The third-order valence-electron chi connectivity index (χ3n) is 2.24. The van der Waals surface area contributed by atoms with Gasteiger partial charge in [-0.3, -0.25) is 4.79 Å². The maximum Gasteiger partial charge on any atom is 0.479 e. The van der Waals surface area contributed by atoms with Crippen molar-refractivity contribution in [2.24, 2.45) is 0 Å². The third kappa shape index (κ3) is 3.06. The predicted octanol–water partition coefficient (Wildman–Crippen LogP) is 3.12. The lowest BCUT2D eigenvalue weighted by Gasteiger charge is -2.19. The molecule has 0 aliphatic carbocycles. The summed E-state index contributed by atoms with van der Waals surface area (Å²) >= 11 is -0.552. The van der Waals surface area contributed by atoms with Crippen LogP contribution in [0, 0.1) is 0 Å². The van der Waals surface area contributed by atoms with Crippen LogP contribution in [0.5, 0.6) is 5.75 Å². The maximum absolute atomic E-state index is 12.0. The van der Waals surface area contributed by atoms with Crippen LogP contribution in [0.25, 0.3) is 0 Å². The zero-order chi connectivity index (χ0) is 12.5. The van der Waals surface area contributed by atoms with E-state index in [1.54, 1.807) is 6.07 Å². The fraction of sp³-hybridized carbons (Fsp3) is 0.300. The highest BCUT2D eigenvalue weighted by Crippen LogP contribution is 2.37. The molecule has 2 rings (SSSR count). The fourth-order valence-corrected chi connectivity index (χ4v) is 1.90. The highest BCUT2D eigenvalue weighted by molar-refractivity contribution is 7.95. The summed E-state index contributed by atoms with van der Waals surface area (Å²) in [6, 6.07) is 4.63. The van der Waals surface area contributed by atoms with E-state index >= 15 is 0 Å². The monoisotopic (exact) mass is 263 g/mol. The Morgan fingerprint density at radius 1 is 1.29 bits per heavy atom. The first-order chi connectivity index (χ1) is 7.96. The molecule has 3 nitrogen and oxygen atoms in total. The molecule has 17 heavy (non-hydrogen) atoms. The van der Waals surface area contributed by atoms with E-state index in [9.17, 15) is 18.0 Å². The zero-order valence-corrected chi connectivity index (χ0v) is 9.32. The Morgan fingerprint density at radius 3 is 2.76 bits per heavy atom. The van der Waals surface area contributed by atoms with E-state index in [-0.39, 0.29) is 18.1 Å². The molecule has 0 fully saturated rings. The van der Waals surface area contributed by atoms with Crippen LogP contribution in [0.15, 0.2) is 18.2 Å². The summed E-state index contributed by atoms with van der Waals surface area (Å²) in [6.45, 7) is 0. The molecule has 0 bridgehead atoms. The minimum Gasteiger partial charge on any atom is -0.417 e. The summed E-state index contributed by atoms with van der Waals surface area (Å²) in [5.41, 5.74) is -3.33. The molecule has 1 aliphatic rings. The summed E-state index contributed by atoms with van der Waals surface area (Å²) in [5.74, 6) is 0.00273. The van der Waals surface area contributed by atoms with Crippen molar-refractivity contribution < 1.29 is 22.1 Å². The molecule has 0 aromatic heterocycles. The Kier molecular flexibility index (Phi) is 3.19.